The molecule has 1 aromatic heterocycles. The number of oxime groups is 1. The number of rotatable bonds is 4. The molecule has 0 bridgehead atoms. The number of aromatic amines is 1. The molecule has 2 N–H and O–H groups in total. The first-order valence-corrected chi connectivity index (χ1v) is 10.5. The number of nitrogens with one attached hydrogen (secondary N) is 1. The molecule has 0 saturated carbocycles. The average Bonchev–Trinajstić information content (AvgIpc) is 3.21. The number of anilines is 1. The summed E-state index contributed by atoms with van der Waals surface area (Å²) >= 11 is 0. The first-order chi connectivity index (χ1) is 15.8. The van der Waals surface area contributed by atoms with E-state index >= 15 is 0 Å². The molecule has 1 aliphatic heterocycles. The zero-order valence-corrected chi connectivity index (χ0v) is 17.9. The molecule has 2 heterocycles. The first kappa shape index (κ1) is 22.4. The molecule has 0 spiro atoms. The van der Waals surface area contributed by atoms with Gasteiger partial charge in [-0.3, -0.25) is 4.79 Å². The lowest BCUT2D eigenvalue weighted by Gasteiger charge is -2.36. The lowest BCUT2D eigenvalue weighted by Crippen LogP contribution is -2.50. The molecule has 0 radical (unpaired) electrons. The third kappa shape index (κ3) is 4.72. The van der Waals surface area contributed by atoms with E-state index in [0.29, 0.717) is 43.1 Å². The van der Waals surface area contributed by atoms with E-state index in [9.17, 15) is 23.2 Å². The fraction of sp³-hybridized carbons (Fsp3) is 0.250. The van der Waals surface area contributed by atoms with Crippen LogP contribution >= 0.6 is 0 Å². The maximum Gasteiger partial charge on any atom is 0.416 e. The number of nitrogens with zero attached hydrogens (tertiary/aromatic N) is 3. The van der Waals surface area contributed by atoms with Crippen molar-refractivity contribution in [1.82, 2.24) is 9.88 Å². The summed E-state index contributed by atoms with van der Waals surface area (Å²) in [7, 11) is 0. The molecule has 9 heteroatoms. The third-order valence-corrected chi connectivity index (χ3v) is 5.76. The number of piperazine rings is 1. The van der Waals surface area contributed by atoms with Gasteiger partial charge in [0.25, 0.3) is 5.91 Å². The zero-order chi connectivity index (χ0) is 23.6. The minimum absolute atomic E-state index is 0.0709. The summed E-state index contributed by atoms with van der Waals surface area (Å²) in [5, 5.41) is 12.9. The maximum absolute atomic E-state index is 13.1. The van der Waals surface area contributed by atoms with Crippen LogP contribution in [0.1, 0.15) is 16.8 Å². The summed E-state index contributed by atoms with van der Waals surface area (Å²) in [6.45, 7) is 3.12. The van der Waals surface area contributed by atoms with Crippen molar-refractivity contribution in [1.29, 1.82) is 0 Å². The molecule has 1 aliphatic rings. The van der Waals surface area contributed by atoms with Gasteiger partial charge in [0.15, 0.2) is 5.71 Å². The van der Waals surface area contributed by atoms with Crippen LogP contribution in [0.5, 0.6) is 0 Å². The number of carbonyl (C=O) groups is 1. The van der Waals surface area contributed by atoms with Crippen molar-refractivity contribution in [2.75, 3.05) is 31.1 Å². The van der Waals surface area contributed by atoms with Crippen LogP contribution < -0.4 is 4.90 Å². The van der Waals surface area contributed by atoms with E-state index in [0.717, 1.165) is 23.4 Å². The molecule has 172 valence electrons. The zero-order valence-electron chi connectivity index (χ0n) is 17.9. The largest absolute Gasteiger partial charge is 0.416 e. The summed E-state index contributed by atoms with van der Waals surface area (Å²) in [4.78, 5) is 19.7. The summed E-state index contributed by atoms with van der Waals surface area (Å²) in [5.74, 6) is -0.428. The predicted molar refractivity (Wildman–Crippen MR) is 120 cm³/mol. The van der Waals surface area contributed by atoms with Crippen molar-refractivity contribution in [3.63, 3.8) is 0 Å². The highest BCUT2D eigenvalue weighted by molar-refractivity contribution is 6.45. The molecule has 4 rings (SSSR count). The summed E-state index contributed by atoms with van der Waals surface area (Å²) in [5.41, 5.74) is 2.61. The van der Waals surface area contributed by atoms with Gasteiger partial charge < -0.3 is 20.0 Å². The second kappa shape index (κ2) is 9.01. The normalized spacial score (nSPS) is 15.1. The topological polar surface area (TPSA) is 71.9 Å². The van der Waals surface area contributed by atoms with Gasteiger partial charge in [0.2, 0.25) is 0 Å². The van der Waals surface area contributed by atoms with Gasteiger partial charge in [-0.1, -0.05) is 41.6 Å². The van der Waals surface area contributed by atoms with Crippen LogP contribution in [0.4, 0.5) is 18.9 Å². The smallest absolute Gasteiger partial charge is 0.410 e. The molecule has 0 unspecified atom stereocenters. The molecule has 2 aromatic carbocycles. The van der Waals surface area contributed by atoms with Crippen LogP contribution in [-0.2, 0) is 11.0 Å². The van der Waals surface area contributed by atoms with E-state index in [2.05, 4.69) is 10.1 Å². The minimum atomic E-state index is -4.41. The number of hydrogen-bond donors (Lipinski definition) is 2. The number of aryl methyl sites for hydroxylation is 1. The van der Waals surface area contributed by atoms with Gasteiger partial charge in [-0.2, -0.15) is 13.2 Å². The number of alkyl halides is 3. The van der Waals surface area contributed by atoms with Crippen molar-refractivity contribution in [2.45, 2.75) is 13.1 Å². The second-order valence-corrected chi connectivity index (χ2v) is 7.86. The molecule has 0 aliphatic carbocycles. The molecule has 3 aromatic rings. The van der Waals surface area contributed by atoms with E-state index in [1.165, 1.54) is 6.07 Å². The van der Waals surface area contributed by atoms with E-state index < -0.39 is 17.6 Å². The standard InChI is InChI=1S/C24H23F3N4O2/c1-16-20(15-21(28-16)17-6-3-2-4-7-17)22(29-33)23(32)31-12-10-30(11-13-31)19-9-5-8-18(14-19)24(25,26)27/h2-9,14-15,28,33H,10-13H2,1H3. The highest BCUT2D eigenvalue weighted by Crippen LogP contribution is 2.32. The van der Waals surface area contributed by atoms with Gasteiger partial charge in [-0.15, -0.1) is 0 Å². The summed E-state index contributed by atoms with van der Waals surface area (Å²) < 4.78 is 39.1. The molecule has 1 saturated heterocycles. The Kier molecular flexibility index (Phi) is 6.13. The number of halogens is 3. The third-order valence-electron chi connectivity index (χ3n) is 5.76. The highest BCUT2D eigenvalue weighted by Gasteiger charge is 2.32. The van der Waals surface area contributed by atoms with Crippen LogP contribution in [0.3, 0.4) is 0 Å². The Hall–Kier alpha value is -3.75. The average molecular weight is 456 g/mol. The SMILES string of the molecule is Cc1[nH]c(-c2ccccc2)cc1C(=NO)C(=O)N1CCN(c2cccc(C(F)(F)F)c2)CC1. The summed E-state index contributed by atoms with van der Waals surface area (Å²) in [6.07, 6.45) is -4.41. The first-order valence-electron chi connectivity index (χ1n) is 10.5. The Balaban J connectivity index is 1.47. The van der Waals surface area contributed by atoms with E-state index in [-0.39, 0.29) is 5.71 Å². The fourth-order valence-corrected chi connectivity index (χ4v) is 3.99. The van der Waals surface area contributed by atoms with E-state index in [1.807, 2.05) is 35.2 Å². The van der Waals surface area contributed by atoms with Gasteiger partial charge >= 0.3 is 6.18 Å². The van der Waals surface area contributed by atoms with Gasteiger partial charge in [-0.25, -0.2) is 0 Å². The van der Waals surface area contributed by atoms with Crippen LogP contribution in [0, 0.1) is 6.92 Å². The number of carbonyl (C=O) groups excluding carboxylic acids is 1. The molecule has 0 atom stereocenters. The molecule has 1 amide bonds. The number of amides is 1. The monoisotopic (exact) mass is 456 g/mol. The number of hydrogen-bond acceptors (Lipinski definition) is 4. The number of aromatic nitrogens is 1. The molecular weight excluding hydrogens is 433 g/mol. The number of benzene rings is 2. The van der Waals surface area contributed by atoms with Crippen molar-refractivity contribution in [2.24, 2.45) is 5.16 Å². The predicted octanol–water partition coefficient (Wildman–Crippen LogP) is 4.54. The summed E-state index contributed by atoms with van der Waals surface area (Å²) in [6, 6.07) is 16.5. The van der Waals surface area contributed by atoms with Gasteiger partial charge in [0, 0.05) is 48.8 Å². The second-order valence-electron chi connectivity index (χ2n) is 7.86. The molecular formula is C24H23F3N4O2. The van der Waals surface area contributed by atoms with E-state index in [4.69, 9.17) is 0 Å². The highest BCUT2D eigenvalue weighted by atomic mass is 19.4. The van der Waals surface area contributed by atoms with Crippen LogP contribution in [0.25, 0.3) is 11.3 Å². The van der Waals surface area contributed by atoms with Gasteiger partial charge in [0.1, 0.15) is 0 Å². The van der Waals surface area contributed by atoms with Crippen molar-refractivity contribution in [3.05, 3.63) is 77.5 Å². The Morgan fingerprint density at radius 2 is 1.70 bits per heavy atom. The lowest BCUT2D eigenvalue weighted by atomic mass is 10.1. The van der Waals surface area contributed by atoms with E-state index in [1.54, 1.807) is 24.0 Å². The van der Waals surface area contributed by atoms with Crippen molar-refractivity contribution < 1.29 is 23.2 Å². The Morgan fingerprint density at radius 3 is 2.33 bits per heavy atom. The van der Waals surface area contributed by atoms with Crippen molar-refractivity contribution >= 4 is 17.3 Å². The van der Waals surface area contributed by atoms with Crippen molar-refractivity contribution in [3.8, 4) is 11.3 Å². The quantitative estimate of drug-likeness (QED) is 0.344. The number of H-pyrrole nitrogens is 1. The lowest BCUT2D eigenvalue weighted by molar-refractivity contribution is -0.137. The molecule has 1 fully saturated rings. The maximum atomic E-state index is 13.1. The Labute approximate surface area is 188 Å². The molecule has 33 heavy (non-hydrogen) atoms. The van der Waals surface area contributed by atoms with Gasteiger partial charge in [-0.05, 0) is 36.8 Å². The van der Waals surface area contributed by atoms with Gasteiger partial charge in [0.05, 0.1) is 5.56 Å². The Morgan fingerprint density at radius 1 is 1.00 bits per heavy atom. The van der Waals surface area contributed by atoms with Crippen LogP contribution in [0.15, 0.2) is 65.8 Å². The molecule has 6 nitrogen and oxygen atoms in total. The minimum Gasteiger partial charge on any atom is -0.410 e. The van der Waals surface area contributed by atoms with Crippen LogP contribution in [-0.4, -0.2) is 52.9 Å². The van der Waals surface area contributed by atoms with Crippen LogP contribution in [0.2, 0.25) is 0 Å². The fourth-order valence-electron chi connectivity index (χ4n) is 3.99. The Bertz CT molecular complexity index is 1160.